The maximum Gasteiger partial charge on any atom is 0.404 e. The van der Waals surface area contributed by atoms with Gasteiger partial charge in [-0.1, -0.05) is 37.6 Å². The molecule has 8 nitrogen and oxygen atoms in total. The Kier molecular flexibility index (Phi) is 12.6. The molecule has 40 heavy (non-hydrogen) atoms. The summed E-state index contributed by atoms with van der Waals surface area (Å²) in [4.78, 5) is 37.7. The van der Waals surface area contributed by atoms with E-state index in [9.17, 15) is 14.4 Å². The number of unbranched alkanes of at least 4 members (excludes halogenated alkanes) is 3. The predicted molar refractivity (Wildman–Crippen MR) is 154 cm³/mol. The van der Waals surface area contributed by atoms with Gasteiger partial charge >= 0.3 is 6.09 Å². The van der Waals surface area contributed by atoms with Crippen LogP contribution in [0.4, 0.5) is 4.79 Å². The van der Waals surface area contributed by atoms with Crippen LogP contribution in [0.1, 0.15) is 102 Å². The van der Waals surface area contributed by atoms with Crippen LogP contribution in [0.3, 0.4) is 0 Å². The van der Waals surface area contributed by atoms with Gasteiger partial charge in [0.05, 0.1) is 0 Å². The molecule has 8 heteroatoms. The lowest BCUT2D eigenvalue weighted by Gasteiger charge is -2.14. The molecule has 1 aliphatic rings. The normalized spacial score (nSPS) is 13.8. The summed E-state index contributed by atoms with van der Waals surface area (Å²) >= 11 is 0. The van der Waals surface area contributed by atoms with Gasteiger partial charge in [0.15, 0.2) is 13.0 Å². The molecule has 0 bridgehead atoms. The van der Waals surface area contributed by atoms with Crippen LogP contribution in [0.25, 0.3) is 11.1 Å². The zero-order chi connectivity index (χ0) is 29.5. The Labute approximate surface area is 238 Å². The van der Waals surface area contributed by atoms with Crippen molar-refractivity contribution in [3.63, 3.8) is 0 Å². The van der Waals surface area contributed by atoms with Crippen molar-refractivity contribution >= 4 is 17.7 Å². The first-order valence-electron chi connectivity index (χ1n) is 15.0. The van der Waals surface area contributed by atoms with Crippen LogP contribution in [-0.4, -0.2) is 62.4 Å². The van der Waals surface area contributed by atoms with Crippen LogP contribution in [0.15, 0.2) is 36.4 Å². The minimum atomic E-state index is -0.861. The smallest absolute Gasteiger partial charge is 0.404 e. The number of ketones is 2. The van der Waals surface area contributed by atoms with Crippen molar-refractivity contribution in [3.05, 3.63) is 58.7 Å². The van der Waals surface area contributed by atoms with Crippen LogP contribution >= 0.6 is 0 Å². The first-order chi connectivity index (χ1) is 20.0. The number of amides is 1. The molecule has 0 saturated carbocycles. The fourth-order valence-electron chi connectivity index (χ4n) is 4.93. The number of benzene rings is 2. The zero-order valence-corrected chi connectivity index (χ0v) is 23.5. The molecule has 3 rings (SSSR count). The molecule has 0 aromatic heterocycles. The molecule has 0 heterocycles. The highest BCUT2D eigenvalue weighted by Gasteiger charge is 2.31. The van der Waals surface area contributed by atoms with E-state index in [1.807, 2.05) is 36.4 Å². The fourth-order valence-corrected chi connectivity index (χ4v) is 4.93. The van der Waals surface area contributed by atoms with Crippen molar-refractivity contribution in [1.82, 2.24) is 0 Å². The Balaban J connectivity index is 1.68. The molecule has 218 valence electrons. The van der Waals surface area contributed by atoms with Crippen molar-refractivity contribution in [3.8, 4) is 11.1 Å². The van der Waals surface area contributed by atoms with Gasteiger partial charge in [-0.05, 0) is 72.9 Å². The molecular weight excluding hydrogens is 510 g/mol. The summed E-state index contributed by atoms with van der Waals surface area (Å²) in [5.74, 6) is -0.309. The molecule has 0 saturated heterocycles. The third kappa shape index (κ3) is 9.25. The summed E-state index contributed by atoms with van der Waals surface area (Å²) in [5.41, 5.74) is 6.51. The Bertz CT molecular complexity index is 1070. The average Bonchev–Trinajstić information content (AvgIpc) is 3.30. The third-order valence-corrected chi connectivity index (χ3v) is 7.14. The van der Waals surface area contributed by atoms with E-state index in [0.29, 0.717) is 56.6 Å². The molecule has 0 spiro atoms. The molecule has 2 aromatic rings. The van der Waals surface area contributed by atoms with Crippen molar-refractivity contribution < 1.29 is 35.1 Å². The van der Waals surface area contributed by atoms with Crippen molar-refractivity contribution in [2.24, 2.45) is 5.73 Å². The number of ether oxygens (including phenoxy) is 3. The first kappa shape index (κ1) is 29.9. The molecule has 3 N–H and O–H groups in total. The molecule has 0 aliphatic heterocycles. The number of hydrogen-bond donors (Lipinski definition) is 2. The van der Waals surface area contributed by atoms with E-state index >= 15 is 0 Å². The van der Waals surface area contributed by atoms with E-state index in [-0.39, 0.29) is 30.7 Å². The molecule has 0 fully saturated rings. The van der Waals surface area contributed by atoms with E-state index < -0.39 is 6.09 Å². The lowest BCUT2D eigenvalue weighted by atomic mass is 9.93. The van der Waals surface area contributed by atoms with Gasteiger partial charge in [-0.2, -0.15) is 0 Å². The van der Waals surface area contributed by atoms with E-state index in [0.717, 1.165) is 61.0 Å². The molecule has 1 amide bonds. The number of nitrogens with two attached hydrogens (primary N) is 1. The topological polar surface area (TPSA) is 125 Å². The summed E-state index contributed by atoms with van der Waals surface area (Å²) in [6.07, 6.45) is 5.72. The van der Waals surface area contributed by atoms with Gasteiger partial charge in [0.1, 0.15) is 6.61 Å². The second kappa shape index (κ2) is 16.9. The van der Waals surface area contributed by atoms with Gasteiger partial charge in [0, 0.05) is 62.9 Å². The zero-order valence-electron chi connectivity index (χ0n) is 24.5. The highest BCUT2D eigenvalue weighted by Crippen LogP contribution is 2.46. The third-order valence-electron chi connectivity index (χ3n) is 7.14. The minimum absolute atomic E-state index is 0.000763. The highest BCUT2D eigenvalue weighted by atomic mass is 16.5. The van der Waals surface area contributed by atoms with E-state index in [1.165, 1.54) is 0 Å². The van der Waals surface area contributed by atoms with E-state index in [2.05, 4.69) is 6.92 Å². The molecular formula is C32H43NO7. The molecule has 2 aromatic carbocycles. The Morgan fingerprint density at radius 1 is 0.800 bits per heavy atom. The summed E-state index contributed by atoms with van der Waals surface area (Å²) in [5, 5.41) is 8.83. The van der Waals surface area contributed by atoms with Gasteiger partial charge in [-0.15, -0.1) is 0 Å². The molecule has 1 aliphatic carbocycles. The lowest BCUT2D eigenvalue weighted by Crippen LogP contribution is -2.18. The van der Waals surface area contributed by atoms with Crippen molar-refractivity contribution in [1.29, 1.82) is 0 Å². The van der Waals surface area contributed by atoms with Crippen LogP contribution < -0.4 is 5.73 Å². The minimum Gasteiger partial charge on any atom is -0.449 e. The number of hydrogen-bond acceptors (Lipinski definition) is 7. The molecule has 0 radical (unpaired) electrons. The Morgan fingerprint density at radius 3 is 1.93 bits per heavy atom. The number of primary amides is 1. The van der Waals surface area contributed by atoms with Crippen LogP contribution in [0.5, 0.6) is 0 Å². The first-order valence-corrected chi connectivity index (χ1v) is 14.5. The number of rotatable bonds is 20. The lowest BCUT2D eigenvalue weighted by molar-refractivity contribution is 0.0928. The summed E-state index contributed by atoms with van der Waals surface area (Å²) in [6, 6.07) is 11.2. The standard InChI is InChI=1S/C32H43NO7/c1-2-3-16-38-17-6-4-9-30(35)23-11-13-25-26-14-12-24(31(36)10-8-19-39-18-7-5-15-34)21-28(26)29(27(25)20-23)22-40-32(33)37/h11-14,20-21,29,34H,2-10,15-19,22H2,1H3,(H2,33,37)/i/hD. The van der Waals surface area contributed by atoms with E-state index in [1.54, 1.807) is 5.73 Å². The van der Waals surface area contributed by atoms with Crippen LogP contribution in [-0.2, 0) is 14.2 Å². The Hall–Kier alpha value is -3.07. The number of aliphatic hydroxyl groups is 1. The second-order valence-corrected chi connectivity index (χ2v) is 10.2. The predicted octanol–water partition coefficient (Wildman–Crippen LogP) is 5.82. The summed E-state index contributed by atoms with van der Waals surface area (Å²) in [7, 11) is 0. The number of aliphatic hydroxyl groups excluding tert-OH is 1. The number of carbonyl (C=O) groups is 3. The van der Waals surface area contributed by atoms with Crippen LogP contribution in [0, 0.1) is 0 Å². The Morgan fingerprint density at radius 2 is 1.35 bits per heavy atom. The number of fused-ring (bicyclic) bond motifs is 3. The van der Waals surface area contributed by atoms with Crippen molar-refractivity contribution in [2.45, 2.75) is 70.6 Å². The highest BCUT2D eigenvalue weighted by molar-refractivity contribution is 5.99. The molecule has 1 unspecified atom stereocenters. The maximum absolute atomic E-state index is 13.0. The van der Waals surface area contributed by atoms with Gasteiger partial charge in [-0.25, -0.2) is 4.79 Å². The van der Waals surface area contributed by atoms with Gasteiger partial charge in [0.2, 0.25) is 0 Å². The molecule has 1 atom stereocenters. The van der Waals surface area contributed by atoms with Gasteiger partial charge < -0.3 is 25.0 Å². The van der Waals surface area contributed by atoms with Gasteiger partial charge in [0.25, 0.3) is 0 Å². The second-order valence-electron chi connectivity index (χ2n) is 10.2. The summed E-state index contributed by atoms with van der Waals surface area (Å²) < 4.78 is 23.5. The largest absolute Gasteiger partial charge is 0.449 e. The maximum atomic E-state index is 13.0. The SMILES string of the molecule is [2H]NC(=O)OCC1c2cc(C(=O)CCCCOCCCC)ccc2-c2ccc(C(=O)CCCOCCCCO)cc21. The fraction of sp³-hybridized carbons (Fsp3) is 0.531. The van der Waals surface area contributed by atoms with Crippen molar-refractivity contribution in [2.75, 3.05) is 39.6 Å². The quantitative estimate of drug-likeness (QED) is 0.156. The monoisotopic (exact) mass is 554 g/mol. The number of Topliss-reactive ketones (excluding diaryl/α,β-unsaturated/α-hetero) is 2. The van der Waals surface area contributed by atoms with E-state index in [4.69, 9.17) is 20.7 Å². The number of carbonyl (C=O) groups excluding carboxylic acids is 3. The summed E-state index contributed by atoms with van der Waals surface area (Å²) in [6.45, 7) is 4.72. The van der Waals surface area contributed by atoms with Gasteiger partial charge in [-0.3, -0.25) is 9.59 Å². The van der Waals surface area contributed by atoms with Crippen LogP contribution in [0.2, 0.25) is 1.41 Å². The average molecular weight is 555 g/mol.